The molecule has 0 spiro atoms. The number of rotatable bonds is 3. The minimum Gasteiger partial charge on any atom is -0.310 e. The topological polar surface area (TPSA) is 3.24 Å². The zero-order valence-corrected chi connectivity index (χ0v) is 16.9. The van der Waals surface area contributed by atoms with Crippen molar-refractivity contribution >= 4 is 64.5 Å². The molecule has 1 aromatic heterocycles. The van der Waals surface area contributed by atoms with Crippen molar-refractivity contribution in [2.24, 2.45) is 0 Å². The van der Waals surface area contributed by atoms with Crippen LogP contribution in [0.4, 0.5) is 17.1 Å². The summed E-state index contributed by atoms with van der Waals surface area (Å²) in [4.78, 5) is 2.30. The average Bonchev–Trinajstić information content (AvgIpc) is 3.09. The van der Waals surface area contributed by atoms with Gasteiger partial charge in [0.05, 0.1) is 0 Å². The lowest BCUT2D eigenvalue weighted by Gasteiger charge is -2.25. The number of thiophene rings is 1. The molecule has 1 nitrogen and oxygen atoms in total. The van der Waals surface area contributed by atoms with Crippen LogP contribution in [0, 0.1) is 0 Å². The Morgan fingerprint density at radius 1 is 0.556 bits per heavy atom. The molecule has 0 bridgehead atoms. The number of nitrogens with zero attached hydrogens (tertiary/aromatic N) is 1. The molecule has 5 rings (SSSR count). The summed E-state index contributed by atoms with van der Waals surface area (Å²) in [5.74, 6) is 0. The van der Waals surface area contributed by atoms with Gasteiger partial charge in [0.1, 0.15) is 0 Å². The summed E-state index contributed by atoms with van der Waals surface area (Å²) in [6, 6.07) is 34.4. The fourth-order valence-corrected chi connectivity index (χ4v) is 4.82. The van der Waals surface area contributed by atoms with Gasteiger partial charge in [0.2, 0.25) is 0 Å². The van der Waals surface area contributed by atoms with Crippen LogP contribution >= 0.6 is 27.3 Å². The van der Waals surface area contributed by atoms with E-state index in [2.05, 4.69) is 118 Å². The van der Waals surface area contributed by atoms with Gasteiger partial charge in [-0.3, -0.25) is 0 Å². The first kappa shape index (κ1) is 16.5. The summed E-state index contributed by atoms with van der Waals surface area (Å²) >= 11 is 5.40. The molecule has 0 saturated heterocycles. The molecule has 130 valence electrons. The van der Waals surface area contributed by atoms with Crippen molar-refractivity contribution in [2.45, 2.75) is 0 Å². The minimum absolute atomic E-state index is 1.08. The van der Waals surface area contributed by atoms with Crippen LogP contribution < -0.4 is 4.90 Å². The molecule has 0 aliphatic rings. The Morgan fingerprint density at radius 2 is 1.19 bits per heavy atom. The molecule has 0 saturated carbocycles. The average molecular weight is 430 g/mol. The molecule has 0 aliphatic carbocycles. The minimum atomic E-state index is 1.08. The van der Waals surface area contributed by atoms with Crippen LogP contribution in [0.5, 0.6) is 0 Å². The number of halogens is 1. The van der Waals surface area contributed by atoms with Crippen molar-refractivity contribution in [3.63, 3.8) is 0 Å². The van der Waals surface area contributed by atoms with E-state index in [0.717, 1.165) is 15.8 Å². The zero-order chi connectivity index (χ0) is 18.2. The van der Waals surface area contributed by atoms with Gasteiger partial charge in [-0.15, -0.1) is 11.3 Å². The number of hydrogen-bond donors (Lipinski definition) is 0. The van der Waals surface area contributed by atoms with Crippen LogP contribution in [-0.4, -0.2) is 0 Å². The van der Waals surface area contributed by atoms with Gasteiger partial charge in [-0.05, 0) is 60.7 Å². The molecule has 0 aliphatic heterocycles. The summed E-state index contributed by atoms with van der Waals surface area (Å²) in [6.45, 7) is 0. The van der Waals surface area contributed by atoms with Crippen molar-refractivity contribution in [3.05, 3.63) is 102 Å². The van der Waals surface area contributed by atoms with E-state index in [-0.39, 0.29) is 0 Å². The monoisotopic (exact) mass is 429 g/mol. The molecule has 5 aromatic rings. The van der Waals surface area contributed by atoms with E-state index >= 15 is 0 Å². The second-order valence-electron chi connectivity index (χ2n) is 6.43. The lowest BCUT2D eigenvalue weighted by atomic mass is 10.1. The van der Waals surface area contributed by atoms with Gasteiger partial charge in [-0.1, -0.05) is 52.3 Å². The molecule has 0 fully saturated rings. The molecular formula is C24H16BrNS. The molecule has 4 aromatic carbocycles. The molecular weight excluding hydrogens is 414 g/mol. The third kappa shape index (κ3) is 3.03. The summed E-state index contributed by atoms with van der Waals surface area (Å²) in [5.41, 5.74) is 3.46. The highest BCUT2D eigenvalue weighted by Gasteiger charge is 2.14. The second kappa shape index (κ2) is 6.84. The van der Waals surface area contributed by atoms with Crippen LogP contribution in [0.3, 0.4) is 0 Å². The van der Waals surface area contributed by atoms with E-state index in [4.69, 9.17) is 0 Å². The third-order valence-electron chi connectivity index (χ3n) is 4.72. The van der Waals surface area contributed by atoms with Crippen molar-refractivity contribution in [1.29, 1.82) is 0 Å². The normalized spacial score (nSPS) is 11.1. The quantitative estimate of drug-likeness (QED) is 0.278. The van der Waals surface area contributed by atoms with Crippen molar-refractivity contribution in [1.82, 2.24) is 0 Å². The standard InChI is InChI=1S/C24H16BrNS/c25-17-10-12-19(13-11-17)26(18-6-2-1-3-7-18)20-14-15-24-22(16-20)21-8-4-5-9-23(21)27-24/h1-16H. The molecule has 3 heteroatoms. The molecule has 0 unspecified atom stereocenters. The Bertz CT molecular complexity index is 1230. The SMILES string of the molecule is Brc1ccc(N(c2ccccc2)c2ccc3sc4ccccc4c3c2)cc1. The fraction of sp³-hybridized carbons (Fsp3) is 0. The van der Waals surface area contributed by atoms with Crippen LogP contribution in [0.2, 0.25) is 0 Å². The fourth-order valence-electron chi connectivity index (χ4n) is 3.47. The van der Waals surface area contributed by atoms with E-state index in [1.165, 1.54) is 25.9 Å². The van der Waals surface area contributed by atoms with E-state index < -0.39 is 0 Å². The Kier molecular flexibility index (Phi) is 4.19. The third-order valence-corrected chi connectivity index (χ3v) is 6.40. The summed E-state index contributed by atoms with van der Waals surface area (Å²) in [7, 11) is 0. The number of benzene rings is 4. The van der Waals surface area contributed by atoms with Crippen molar-refractivity contribution in [3.8, 4) is 0 Å². The lowest BCUT2D eigenvalue weighted by Crippen LogP contribution is -2.09. The maximum Gasteiger partial charge on any atom is 0.0468 e. The molecule has 1 heterocycles. The molecule has 0 atom stereocenters. The van der Waals surface area contributed by atoms with Crippen molar-refractivity contribution < 1.29 is 0 Å². The van der Waals surface area contributed by atoms with Gasteiger partial charge in [-0.2, -0.15) is 0 Å². The van der Waals surface area contributed by atoms with Crippen LogP contribution in [-0.2, 0) is 0 Å². The molecule has 0 N–H and O–H groups in total. The largest absolute Gasteiger partial charge is 0.310 e. The summed E-state index contributed by atoms with van der Waals surface area (Å²) in [6.07, 6.45) is 0. The highest BCUT2D eigenvalue weighted by atomic mass is 79.9. The van der Waals surface area contributed by atoms with E-state index in [9.17, 15) is 0 Å². The first-order valence-electron chi connectivity index (χ1n) is 8.82. The van der Waals surface area contributed by atoms with E-state index in [0.29, 0.717) is 0 Å². The van der Waals surface area contributed by atoms with Crippen molar-refractivity contribution in [2.75, 3.05) is 4.90 Å². The van der Waals surface area contributed by atoms with Gasteiger partial charge in [0.25, 0.3) is 0 Å². The van der Waals surface area contributed by atoms with Gasteiger partial charge in [-0.25, -0.2) is 0 Å². The lowest BCUT2D eigenvalue weighted by molar-refractivity contribution is 1.29. The summed E-state index contributed by atoms with van der Waals surface area (Å²) < 4.78 is 3.74. The predicted molar refractivity (Wildman–Crippen MR) is 122 cm³/mol. The Hall–Kier alpha value is -2.62. The van der Waals surface area contributed by atoms with Gasteiger partial charge >= 0.3 is 0 Å². The highest BCUT2D eigenvalue weighted by Crippen LogP contribution is 2.40. The first-order chi connectivity index (χ1) is 13.3. The van der Waals surface area contributed by atoms with E-state index in [1.807, 2.05) is 11.3 Å². The maximum absolute atomic E-state index is 3.54. The molecule has 27 heavy (non-hydrogen) atoms. The molecule has 0 radical (unpaired) electrons. The number of fused-ring (bicyclic) bond motifs is 3. The maximum atomic E-state index is 3.54. The Balaban J connectivity index is 1.73. The first-order valence-corrected chi connectivity index (χ1v) is 10.4. The number of para-hydroxylation sites is 1. The zero-order valence-electron chi connectivity index (χ0n) is 14.5. The van der Waals surface area contributed by atoms with Crippen LogP contribution in [0.15, 0.2) is 102 Å². The predicted octanol–water partition coefficient (Wildman–Crippen LogP) is 8.29. The Labute approximate surface area is 170 Å². The smallest absolute Gasteiger partial charge is 0.0468 e. The molecule has 0 amide bonds. The van der Waals surface area contributed by atoms with Crippen LogP contribution in [0.25, 0.3) is 20.2 Å². The van der Waals surface area contributed by atoms with Crippen LogP contribution in [0.1, 0.15) is 0 Å². The number of anilines is 3. The van der Waals surface area contributed by atoms with Gasteiger partial charge in [0, 0.05) is 41.7 Å². The van der Waals surface area contributed by atoms with Gasteiger partial charge in [0.15, 0.2) is 0 Å². The van der Waals surface area contributed by atoms with E-state index in [1.54, 1.807) is 0 Å². The Morgan fingerprint density at radius 3 is 2.00 bits per heavy atom. The summed E-state index contributed by atoms with van der Waals surface area (Å²) in [5, 5.41) is 2.63. The van der Waals surface area contributed by atoms with Gasteiger partial charge < -0.3 is 4.90 Å². The number of hydrogen-bond acceptors (Lipinski definition) is 2. The highest BCUT2D eigenvalue weighted by molar-refractivity contribution is 9.10. The second-order valence-corrected chi connectivity index (χ2v) is 8.43.